The molecule has 1 aromatic heterocycles. The number of carboxylic acids is 1. The highest BCUT2D eigenvalue weighted by Gasteiger charge is 2.07. The van der Waals surface area contributed by atoms with Crippen LogP contribution in [-0.2, 0) is 4.74 Å². The van der Waals surface area contributed by atoms with E-state index in [1.165, 1.54) is 19.2 Å². The monoisotopic (exact) mass is 378 g/mol. The second-order valence-corrected chi connectivity index (χ2v) is 5.89. The zero-order chi connectivity index (χ0) is 20.1. The first-order chi connectivity index (χ1) is 13.4. The average molecular weight is 378 g/mol. The van der Waals surface area contributed by atoms with E-state index >= 15 is 0 Å². The number of methoxy groups -OCH3 is 1. The Labute approximate surface area is 161 Å². The van der Waals surface area contributed by atoms with E-state index in [0.717, 1.165) is 5.69 Å². The van der Waals surface area contributed by atoms with Crippen molar-refractivity contribution < 1.29 is 19.4 Å². The fourth-order valence-corrected chi connectivity index (χ4v) is 2.50. The second-order valence-electron chi connectivity index (χ2n) is 5.89. The van der Waals surface area contributed by atoms with Gasteiger partial charge in [-0.05, 0) is 55.5 Å². The van der Waals surface area contributed by atoms with Gasteiger partial charge in [0.1, 0.15) is 17.5 Å². The van der Waals surface area contributed by atoms with E-state index in [2.05, 4.69) is 25.3 Å². The normalized spacial score (nSPS) is 10.2. The van der Waals surface area contributed by atoms with Crippen LogP contribution in [0.1, 0.15) is 26.5 Å². The highest BCUT2D eigenvalue weighted by Crippen LogP contribution is 2.21. The van der Waals surface area contributed by atoms with Gasteiger partial charge < -0.3 is 20.5 Å². The molecule has 3 N–H and O–H groups in total. The Kier molecular flexibility index (Phi) is 5.50. The van der Waals surface area contributed by atoms with Gasteiger partial charge in [-0.25, -0.2) is 19.6 Å². The number of anilines is 4. The number of rotatable bonds is 6. The van der Waals surface area contributed by atoms with Crippen molar-refractivity contribution in [2.45, 2.75) is 6.92 Å². The summed E-state index contributed by atoms with van der Waals surface area (Å²) in [6, 6.07) is 14.9. The van der Waals surface area contributed by atoms with Crippen molar-refractivity contribution in [2.75, 3.05) is 17.7 Å². The lowest BCUT2D eigenvalue weighted by Gasteiger charge is -2.11. The van der Waals surface area contributed by atoms with Gasteiger partial charge in [-0.1, -0.05) is 0 Å². The van der Waals surface area contributed by atoms with E-state index in [0.29, 0.717) is 28.7 Å². The fraction of sp³-hybridized carbons (Fsp3) is 0.100. The Morgan fingerprint density at radius 1 is 0.857 bits per heavy atom. The SMILES string of the molecule is COC(=O)c1ccc(Nc2cc(Nc3ccc(C(=O)O)cc3)nc(C)n2)cc1. The van der Waals surface area contributed by atoms with Crippen LogP contribution < -0.4 is 10.6 Å². The van der Waals surface area contributed by atoms with Gasteiger partial charge in [-0.15, -0.1) is 0 Å². The summed E-state index contributed by atoms with van der Waals surface area (Å²) in [5.41, 5.74) is 2.13. The van der Waals surface area contributed by atoms with Crippen LogP contribution in [0.3, 0.4) is 0 Å². The van der Waals surface area contributed by atoms with Gasteiger partial charge in [0, 0.05) is 17.4 Å². The summed E-state index contributed by atoms with van der Waals surface area (Å²) in [6.45, 7) is 1.77. The number of hydrogen-bond donors (Lipinski definition) is 3. The number of benzene rings is 2. The maximum atomic E-state index is 11.5. The Hall–Kier alpha value is -3.94. The van der Waals surface area contributed by atoms with Crippen molar-refractivity contribution in [3.05, 3.63) is 71.5 Å². The smallest absolute Gasteiger partial charge is 0.337 e. The van der Waals surface area contributed by atoms with Crippen LogP contribution in [0.25, 0.3) is 0 Å². The van der Waals surface area contributed by atoms with Gasteiger partial charge in [0.25, 0.3) is 0 Å². The molecule has 8 heteroatoms. The Morgan fingerprint density at radius 2 is 1.32 bits per heavy atom. The van der Waals surface area contributed by atoms with Crippen molar-refractivity contribution in [1.29, 1.82) is 0 Å². The topological polar surface area (TPSA) is 113 Å². The Morgan fingerprint density at radius 3 is 1.75 bits per heavy atom. The molecule has 142 valence electrons. The zero-order valence-corrected chi connectivity index (χ0v) is 15.3. The van der Waals surface area contributed by atoms with Gasteiger partial charge >= 0.3 is 11.9 Å². The number of hydrogen-bond acceptors (Lipinski definition) is 7. The Bertz CT molecular complexity index is 1000. The highest BCUT2D eigenvalue weighted by atomic mass is 16.5. The standard InChI is InChI=1S/C20H18N4O4/c1-12-21-17(23-15-7-3-13(4-8-15)19(25)26)11-18(22-12)24-16-9-5-14(6-10-16)20(27)28-2/h3-11H,1-2H3,(H,25,26)(H2,21,22,23,24). The molecule has 0 aliphatic rings. The summed E-state index contributed by atoms with van der Waals surface area (Å²) in [4.78, 5) is 31.1. The van der Waals surface area contributed by atoms with E-state index in [-0.39, 0.29) is 5.56 Å². The molecule has 0 aliphatic heterocycles. The number of carbonyl (C=O) groups excluding carboxylic acids is 1. The Balaban J connectivity index is 1.75. The lowest BCUT2D eigenvalue weighted by atomic mass is 10.2. The molecule has 0 saturated carbocycles. The predicted molar refractivity (Wildman–Crippen MR) is 105 cm³/mol. The molecule has 0 aliphatic carbocycles. The van der Waals surface area contributed by atoms with E-state index in [4.69, 9.17) is 5.11 Å². The summed E-state index contributed by atoms with van der Waals surface area (Å²) in [5, 5.41) is 15.2. The molecule has 0 atom stereocenters. The highest BCUT2D eigenvalue weighted by molar-refractivity contribution is 5.90. The van der Waals surface area contributed by atoms with Crippen LogP contribution in [-0.4, -0.2) is 34.1 Å². The number of esters is 1. The van der Waals surface area contributed by atoms with Crippen molar-refractivity contribution in [1.82, 2.24) is 9.97 Å². The summed E-state index contributed by atoms with van der Waals surface area (Å²) in [5.74, 6) is 0.312. The zero-order valence-electron chi connectivity index (χ0n) is 15.3. The number of nitrogens with one attached hydrogen (secondary N) is 2. The predicted octanol–water partition coefficient (Wildman–Crippen LogP) is 3.76. The lowest BCUT2D eigenvalue weighted by Crippen LogP contribution is -2.03. The van der Waals surface area contributed by atoms with Crippen LogP contribution in [0.4, 0.5) is 23.0 Å². The van der Waals surface area contributed by atoms with Crippen LogP contribution in [0, 0.1) is 6.92 Å². The first kappa shape index (κ1) is 18.8. The number of aromatic carboxylic acids is 1. The number of carbonyl (C=O) groups is 2. The first-order valence-electron chi connectivity index (χ1n) is 8.36. The van der Waals surface area contributed by atoms with Crippen molar-refractivity contribution in [2.24, 2.45) is 0 Å². The van der Waals surface area contributed by atoms with E-state index in [1.54, 1.807) is 49.4 Å². The molecule has 28 heavy (non-hydrogen) atoms. The molecule has 0 spiro atoms. The molecule has 3 rings (SSSR count). The van der Waals surface area contributed by atoms with Gasteiger partial charge in [0.2, 0.25) is 0 Å². The third kappa shape index (κ3) is 4.61. The molecule has 0 saturated heterocycles. The third-order valence-electron chi connectivity index (χ3n) is 3.82. The second kappa shape index (κ2) is 8.17. The van der Waals surface area contributed by atoms with Crippen molar-refractivity contribution >= 4 is 34.9 Å². The molecular formula is C20H18N4O4. The van der Waals surface area contributed by atoms with Crippen LogP contribution >= 0.6 is 0 Å². The van der Waals surface area contributed by atoms with Crippen molar-refractivity contribution in [3.8, 4) is 0 Å². The molecule has 2 aromatic carbocycles. The maximum Gasteiger partial charge on any atom is 0.337 e. The molecule has 3 aromatic rings. The van der Waals surface area contributed by atoms with Gasteiger partial charge in [0.15, 0.2) is 0 Å². The molecule has 0 radical (unpaired) electrons. The fourth-order valence-electron chi connectivity index (χ4n) is 2.50. The van der Waals surface area contributed by atoms with Gasteiger partial charge in [0.05, 0.1) is 18.2 Å². The lowest BCUT2D eigenvalue weighted by molar-refractivity contribution is 0.0600. The molecule has 0 unspecified atom stereocenters. The quantitative estimate of drug-likeness (QED) is 0.556. The average Bonchev–Trinajstić information content (AvgIpc) is 2.68. The number of nitrogens with zero attached hydrogens (tertiary/aromatic N) is 2. The molecule has 0 fully saturated rings. The van der Waals surface area contributed by atoms with Crippen LogP contribution in [0.2, 0.25) is 0 Å². The summed E-state index contributed by atoms with van der Waals surface area (Å²) in [7, 11) is 1.34. The van der Waals surface area contributed by atoms with E-state index in [9.17, 15) is 9.59 Å². The molecule has 0 bridgehead atoms. The molecule has 8 nitrogen and oxygen atoms in total. The summed E-state index contributed by atoms with van der Waals surface area (Å²) >= 11 is 0. The third-order valence-corrected chi connectivity index (χ3v) is 3.82. The minimum atomic E-state index is -0.978. The summed E-state index contributed by atoms with van der Waals surface area (Å²) < 4.78 is 4.68. The number of ether oxygens (including phenoxy) is 1. The van der Waals surface area contributed by atoms with E-state index < -0.39 is 11.9 Å². The minimum Gasteiger partial charge on any atom is -0.478 e. The van der Waals surface area contributed by atoms with Gasteiger partial charge in [-0.3, -0.25) is 0 Å². The van der Waals surface area contributed by atoms with Crippen LogP contribution in [0.5, 0.6) is 0 Å². The number of carboxylic acid groups (broad SMARTS) is 1. The van der Waals surface area contributed by atoms with Crippen LogP contribution in [0.15, 0.2) is 54.6 Å². The largest absolute Gasteiger partial charge is 0.478 e. The number of aromatic nitrogens is 2. The first-order valence-corrected chi connectivity index (χ1v) is 8.36. The minimum absolute atomic E-state index is 0.210. The molecule has 0 amide bonds. The number of aryl methyl sites for hydroxylation is 1. The van der Waals surface area contributed by atoms with Crippen molar-refractivity contribution in [3.63, 3.8) is 0 Å². The molecular weight excluding hydrogens is 360 g/mol. The van der Waals surface area contributed by atoms with E-state index in [1.807, 2.05) is 0 Å². The van der Waals surface area contributed by atoms with Gasteiger partial charge in [-0.2, -0.15) is 0 Å². The molecule has 1 heterocycles. The maximum absolute atomic E-state index is 11.5. The summed E-state index contributed by atoms with van der Waals surface area (Å²) in [6.07, 6.45) is 0.